The van der Waals surface area contributed by atoms with E-state index in [2.05, 4.69) is 27.4 Å². The summed E-state index contributed by atoms with van der Waals surface area (Å²) in [6, 6.07) is 10.3. The minimum Gasteiger partial charge on any atom is -0.328 e. The Hall–Kier alpha value is -2.54. The van der Waals surface area contributed by atoms with E-state index in [0.29, 0.717) is 12.2 Å². The van der Waals surface area contributed by atoms with Crippen LogP contribution in [-0.4, -0.2) is 37.3 Å². The fourth-order valence-electron chi connectivity index (χ4n) is 3.37. The average Bonchev–Trinajstić information content (AvgIpc) is 3.39. The third kappa shape index (κ3) is 3.67. The van der Waals surface area contributed by atoms with Gasteiger partial charge in [0, 0.05) is 24.7 Å². The second-order valence-electron chi connectivity index (χ2n) is 6.48. The van der Waals surface area contributed by atoms with Crippen molar-refractivity contribution in [2.45, 2.75) is 38.3 Å². The number of hydrogen-bond donors (Lipinski definition) is 0. The zero-order valence-electron chi connectivity index (χ0n) is 14.5. The largest absolute Gasteiger partial charge is 0.328 e. The summed E-state index contributed by atoms with van der Waals surface area (Å²) in [7, 11) is 0. The monoisotopic (exact) mass is 367 g/mol. The van der Waals surface area contributed by atoms with Gasteiger partial charge in [0.1, 0.15) is 5.01 Å². The van der Waals surface area contributed by atoms with Crippen LogP contribution in [0.3, 0.4) is 0 Å². The SMILES string of the molecule is O=C(c1cn(CCc2ccccc2)nn1)N1CCCC[C@H]1c1nccs1. The predicted molar refractivity (Wildman–Crippen MR) is 99.9 cm³/mol. The zero-order chi connectivity index (χ0) is 17.8. The minimum atomic E-state index is -0.0455. The van der Waals surface area contributed by atoms with E-state index in [4.69, 9.17) is 0 Å². The Kier molecular flexibility index (Phi) is 5.06. The van der Waals surface area contributed by atoms with Crippen molar-refractivity contribution >= 4 is 17.2 Å². The molecule has 3 aromatic rings. The first-order valence-electron chi connectivity index (χ1n) is 8.95. The molecular formula is C19H21N5OS. The smallest absolute Gasteiger partial charge is 0.276 e. The molecular weight excluding hydrogens is 346 g/mol. The predicted octanol–water partition coefficient (Wildman–Crippen LogP) is 3.34. The molecule has 0 spiro atoms. The number of hydrogen-bond acceptors (Lipinski definition) is 5. The second-order valence-corrected chi connectivity index (χ2v) is 7.41. The molecule has 6 nitrogen and oxygen atoms in total. The number of aromatic nitrogens is 4. The van der Waals surface area contributed by atoms with Gasteiger partial charge in [0.15, 0.2) is 5.69 Å². The van der Waals surface area contributed by atoms with Crippen LogP contribution in [0.1, 0.15) is 46.4 Å². The van der Waals surface area contributed by atoms with E-state index in [-0.39, 0.29) is 11.9 Å². The molecule has 0 N–H and O–H groups in total. The van der Waals surface area contributed by atoms with Crippen LogP contribution in [0.15, 0.2) is 48.1 Å². The highest BCUT2D eigenvalue weighted by Crippen LogP contribution is 2.32. The van der Waals surface area contributed by atoms with Crippen LogP contribution in [0.4, 0.5) is 0 Å². The van der Waals surface area contributed by atoms with Crippen molar-refractivity contribution in [3.8, 4) is 0 Å². The highest BCUT2D eigenvalue weighted by atomic mass is 32.1. The number of thiazole rings is 1. The molecule has 1 aliphatic heterocycles. The first-order chi connectivity index (χ1) is 12.8. The maximum absolute atomic E-state index is 13.0. The normalized spacial score (nSPS) is 17.4. The van der Waals surface area contributed by atoms with Crippen LogP contribution in [-0.2, 0) is 13.0 Å². The number of rotatable bonds is 5. The van der Waals surface area contributed by atoms with Gasteiger partial charge in [-0.25, -0.2) is 4.98 Å². The molecule has 0 unspecified atom stereocenters. The quantitative estimate of drug-likeness (QED) is 0.694. The van der Waals surface area contributed by atoms with Crippen molar-refractivity contribution in [1.29, 1.82) is 0 Å². The van der Waals surface area contributed by atoms with Crippen molar-refractivity contribution in [2.75, 3.05) is 6.54 Å². The van der Waals surface area contributed by atoms with Crippen molar-refractivity contribution in [2.24, 2.45) is 0 Å². The lowest BCUT2D eigenvalue weighted by Gasteiger charge is -2.33. The van der Waals surface area contributed by atoms with Gasteiger partial charge in [-0.3, -0.25) is 9.48 Å². The first-order valence-corrected chi connectivity index (χ1v) is 9.83. The number of likely N-dealkylation sites (tertiary alicyclic amines) is 1. The fraction of sp³-hybridized carbons (Fsp3) is 0.368. The Balaban J connectivity index is 1.45. The molecule has 134 valence electrons. The summed E-state index contributed by atoms with van der Waals surface area (Å²) in [5.41, 5.74) is 1.66. The summed E-state index contributed by atoms with van der Waals surface area (Å²) in [5.74, 6) is -0.0455. The van der Waals surface area contributed by atoms with Gasteiger partial charge in [0.25, 0.3) is 5.91 Å². The lowest BCUT2D eigenvalue weighted by molar-refractivity contribution is 0.0605. The molecule has 26 heavy (non-hydrogen) atoms. The first kappa shape index (κ1) is 16.9. The number of carbonyl (C=O) groups is 1. The molecule has 1 amide bonds. The van der Waals surface area contributed by atoms with Crippen LogP contribution in [0, 0.1) is 0 Å². The van der Waals surface area contributed by atoms with E-state index in [0.717, 1.165) is 37.2 Å². The van der Waals surface area contributed by atoms with Gasteiger partial charge in [0.2, 0.25) is 0 Å². The number of aryl methyl sites for hydroxylation is 2. The Morgan fingerprint density at radius 2 is 2.12 bits per heavy atom. The second kappa shape index (κ2) is 7.78. The van der Waals surface area contributed by atoms with Gasteiger partial charge in [0.05, 0.1) is 12.2 Å². The molecule has 0 aliphatic carbocycles. The van der Waals surface area contributed by atoms with E-state index >= 15 is 0 Å². The van der Waals surface area contributed by atoms with Crippen molar-refractivity contribution in [3.05, 3.63) is 64.4 Å². The number of nitrogens with zero attached hydrogens (tertiary/aromatic N) is 5. The summed E-state index contributed by atoms with van der Waals surface area (Å²) in [5, 5.41) is 11.2. The zero-order valence-corrected chi connectivity index (χ0v) is 15.3. The number of benzene rings is 1. The molecule has 1 saturated heterocycles. The summed E-state index contributed by atoms with van der Waals surface area (Å²) >= 11 is 1.61. The summed E-state index contributed by atoms with van der Waals surface area (Å²) in [4.78, 5) is 19.3. The van der Waals surface area contributed by atoms with Crippen LogP contribution in [0.2, 0.25) is 0 Å². The van der Waals surface area contributed by atoms with Crippen LogP contribution >= 0.6 is 11.3 Å². The maximum atomic E-state index is 13.0. The molecule has 0 radical (unpaired) electrons. The van der Waals surface area contributed by atoms with Gasteiger partial charge in [-0.15, -0.1) is 16.4 Å². The summed E-state index contributed by atoms with van der Waals surface area (Å²) < 4.78 is 1.75. The summed E-state index contributed by atoms with van der Waals surface area (Å²) in [6.07, 6.45) is 7.54. The van der Waals surface area contributed by atoms with Crippen molar-refractivity contribution in [3.63, 3.8) is 0 Å². The van der Waals surface area contributed by atoms with Crippen LogP contribution in [0.5, 0.6) is 0 Å². The lowest BCUT2D eigenvalue weighted by atomic mass is 10.0. The number of carbonyl (C=O) groups excluding carboxylic acids is 1. The Morgan fingerprint density at radius 3 is 2.92 bits per heavy atom. The van der Waals surface area contributed by atoms with Gasteiger partial charge >= 0.3 is 0 Å². The molecule has 3 heterocycles. The van der Waals surface area contributed by atoms with E-state index in [1.807, 2.05) is 28.5 Å². The Labute approximate surface area is 156 Å². The van der Waals surface area contributed by atoms with E-state index < -0.39 is 0 Å². The number of piperidine rings is 1. The maximum Gasteiger partial charge on any atom is 0.276 e. The van der Waals surface area contributed by atoms with E-state index in [9.17, 15) is 4.79 Å². The molecule has 0 bridgehead atoms. The minimum absolute atomic E-state index is 0.0455. The third-order valence-corrected chi connectivity index (χ3v) is 5.61. The number of amides is 1. The Bertz CT molecular complexity index is 846. The van der Waals surface area contributed by atoms with E-state index in [1.165, 1.54) is 5.56 Å². The molecule has 7 heteroatoms. The molecule has 4 rings (SSSR count). The lowest BCUT2D eigenvalue weighted by Crippen LogP contribution is -2.38. The van der Waals surface area contributed by atoms with Crippen LogP contribution in [0.25, 0.3) is 0 Å². The third-order valence-electron chi connectivity index (χ3n) is 4.73. The highest BCUT2D eigenvalue weighted by Gasteiger charge is 2.31. The molecule has 1 fully saturated rings. The van der Waals surface area contributed by atoms with Gasteiger partial charge in [-0.2, -0.15) is 0 Å². The van der Waals surface area contributed by atoms with Gasteiger partial charge in [-0.1, -0.05) is 35.5 Å². The average molecular weight is 367 g/mol. The standard InChI is InChI=1S/C19H21N5OS/c25-19(24-11-5-4-8-17(24)18-20-10-13-26-18)16-14-23(22-21-16)12-9-15-6-2-1-3-7-15/h1-3,6-7,10,13-14,17H,4-5,8-9,11-12H2/t17-/m0/s1. The van der Waals surface area contributed by atoms with Gasteiger partial charge < -0.3 is 4.90 Å². The molecule has 2 aromatic heterocycles. The summed E-state index contributed by atoms with van der Waals surface area (Å²) in [6.45, 7) is 1.46. The van der Waals surface area contributed by atoms with Crippen molar-refractivity contribution in [1.82, 2.24) is 24.9 Å². The van der Waals surface area contributed by atoms with E-state index in [1.54, 1.807) is 28.4 Å². The van der Waals surface area contributed by atoms with Gasteiger partial charge in [-0.05, 0) is 31.2 Å². The topological polar surface area (TPSA) is 63.9 Å². The molecule has 1 atom stereocenters. The van der Waals surface area contributed by atoms with Crippen molar-refractivity contribution < 1.29 is 4.79 Å². The molecule has 1 aliphatic rings. The molecule has 1 aromatic carbocycles. The Morgan fingerprint density at radius 1 is 1.23 bits per heavy atom. The van der Waals surface area contributed by atoms with Crippen LogP contribution < -0.4 is 0 Å². The molecule has 0 saturated carbocycles. The highest BCUT2D eigenvalue weighted by molar-refractivity contribution is 7.09. The fourth-order valence-corrected chi connectivity index (χ4v) is 4.16.